The van der Waals surface area contributed by atoms with Crippen molar-refractivity contribution in [3.63, 3.8) is 0 Å². The summed E-state index contributed by atoms with van der Waals surface area (Å²) in [5.74, 6) is -1.50. The van der Waals surface area contributed by atoms with Gasteiger partial charge in [-0.1, -0.05) is 0 Å². The molecule has 0 aromatic heterocycles. The molecule has 0 aliphatic carbocycles. The third-order valence-electron chi connectivity index (χ3n) is 1.72. The van der Waals surface area contributed by atoms with Crippen LogP contribution in [-0.4, -0.2) is 24.2 Å². The van der Waals surface area contributed by atoms with Gasteiger partial charge in [-0.2, -0.15) is 0 Å². The molecule has 2 N–H and O–H groups in total. The second-order valence-electron chi connectivity index (χ2n) is 3.21. The van der Waals surface area contributed by atoms with E-state index in [0.29, 0.717) is 0 Å². The van der Waals surface area contributed by atoms with Crippen LogP contribution in [0.3, 0.4) is 0 Å². The maximum absolute atomic E-state index is 11.9. The molecular formula is C10H8ClF3N2O3. The van der Waals surface area contributed by atoms with Gasteiger partial charge in [-0.25, -0.2) is 4.79 Å². The van der Waals surface area contributed by atoms with E-state index in [1.165, 1.54) is 12.1 Å². The summed E-state index contributed by atoms with van der Waals surface area (Å²) in [7, 11) is 0. The van der Waals surface area contributed by atoms with E-state index < -0.39 is 24.1 Å². The summed E-state index contributed by atoms with van der Waals surface area (Å²) in [4.78, 5) is 22.0. The standard InChI is InChI=1S/C10H8ClF3N2O3/c11-5-8(17)16-9(18)15-6-1-3-7(4-2-6)19-10(12,13)14/h1-4H,5H2,(H2,15,16,17,18). The molecule has 0 atom stereocenters. The van der Waals surface area contributed by atoms with Crippen molar-refractivity contribution >= 4 is 29.2 Å². The van der Waals surface area contributed by atoms with E-state index >= 15 is 0 Å². The number of hydrogen-bond acceptors (Lipinski definition) is 3. The smallest absolute Gasteiger partial charge is 0.406 e. The van der Waals surface area contributed by atoms with Crippen LogP contribution in [0, 0.1) is 0 Å². The van der Waals surface area contributed by atoms with E-state index in [2.05, 4.69) is 10.1 Å². The molecule has 3 amide bonds. The predicted molar refractivity (Wildman–Crippen MR) is 61.0 cm³/mol. The molecule has 9 heteroatoms. The zero-order valence-electron chi connectivity index (χ0n) is 9.25. The van der Waals surface area contributed by atoms with Crippen LogP contribution in [0.2, 0.25) is 0 Å². The minimum absolute atomic E-state index is 0.189. The average molecular weight is 297 g/mol. The summed E-state index contributed by atoms with van der Waals surface area (Å²) in [6, 6.07) is 3.58. The highest BCUT2D eigenvalue weighted by atomic mass is 35.5. The van der Waals surface area contributed by atoms with E-state index in [0.717, 1.165) is 12.1 Å². The fourth-order valence-corrected chi connectivity index (χ4v) is 1.13. The third-order valence-corrected chi connectivity index (χ3v) is 1.96. The number of hydrogen-bond donors (Lipinski definition) is 2. The Morgan fingerprint density at radius 3 is 2.26 bits per heavy atom. The number of alkyl halides is 4. The number of rotatable bonds is 3. The summed E-state index contributed by atoms with van der Waals surface area (Å²) in [5.41, 5.74) is 0.189. The van der Waals surface area contributed by atoms with E-state index in [-0.39, 0.29) is 11.6 Å². The number of carbonyl (C=O) groups excluding carboxylic acids is 2. The van der Waals surface area contributed by atoms with Crippen molar-refractivity contribution in [2.24, 2.45) is 0 Å². The Kier molecular flexibility index (Phi) is 4.99. The zero-order valence-corrected chi connectivity index (χ0v) is 10.0. The lowest BCUT2D eigenvalue weighted by molar-refractivity contribution is -0.274. The van der Waals surface area contributed by atoms with Gasteiger partial charge in [-0.15, -0.1) is 24.8 Å². The van der Waals surface area contributed by atoms with Gasteiger partial charge < -0.3 is 10.1 Å². The summed E-state index contributed by atoms with van der Waals surface area (Å²) in [6.07, 6.45) is -4.78. The molecule has 104 valence electrons. The first-order chi connectivity index (χ1) is 8.80. The number of imide groups is 1. The highest BCUT2D eigenvalue weighted by Crippen LogP contribution is 2.23. The van der Waals surface area contributed by atoms with Crippen LogP contribution < -0.4 is 15.4 Å². The molecule has 5 nitrogen and oxygen atoms in total. The Labute approximate surface area is 110 Å². The van der Waals surface area contributed by atoms with Crippen molar-refractivity contribution in [3.8, 4) is 5.75 Å². The first-order valence-electron chi connectivity index (χ1n) is 4.83. The molecule has 0 radical (unpaired) electrons. The molecule has 1 aromatic carbocycles. The number of amides is 3. The monoisotopic (exact) mass is 296 g/mol. The number of anilines is 1. The molecule has 0 spiro atoms. The molecule has 0 aliphatic heterocycles. The summed E-state index contributed by atoms with van der Waals surface area (Å²) >= 11 is 5.17. The second kappa shape index (κ2) is 6.28. The normalized spacial score (nSPS) is 10.7. The minimum Gasteiger partial charge on any atom is -0.406 e. The summed E-state index contributed by atoms with van der Waals surface area (Å²) < 4.78 is 39.3. The van der Waals surface area contributed by atoms with Crippen LogP contribution >= 0.6 is 11.6 Å². The van der Waals surface area contributed by atoms with Crippen LogP contribution in [0.5, 0.6) is 5.75 Å². The molecule has 1 aromatic rings. The number of urea groups is 1. The van der Waals surface area contributed by atoms with Gasteiger partial charge in [0.25, 0.3) is 0 Å². The Balaban J connectivity index is 2.57. The van der Waals surface area contributed by atoms with Crippen molar-refractivity contribution in [2.75, 3.05) is 11.2 Å². The molecule has 0 saturated heterocycles. The SMILES string of the molecule is O=C(CCl)NC(=O)Nc1ccc(OC(F)(F)F)cc1. The largest absolute Gasteiger partial charge is 0.573 e. The van der Waals surface area contributed by atoms with Crippen LogP contribution in [0.25, 0.3) is 0 Å². The van der Waals surface area contributed by atoms with Crippen LogP contribution in [0.15, 0.2) is 24.3 Å². The van der Waals surface area contributed by atoms with E-state index in [4.69, 9.17) is 11.6 Å². The van der Waals surface area contributed by atoms with Gasteiger partial charge in [0, 0.05) is 5.69 Å². The van der Waals surface area contributed by atoms with Crippen LogP contribution in [0.4, 0.5) is 23.7 Å². The second-order valence-corrected chi connectivity index (χ2v) is 3.48. The fraction of sp³-hybridized carbons (Fsp3) is 0.200. The van der Waals surface area contributed by atoms with Crippen molar-refractivity contribution in [1.82, 2.24) is 5.32 Å². The number of carbonyl (C=O) groups is 2. The molecule has 1 rings (SSSR count). The van der Waals surface area contributed by atoms with Gasteiger partial charge in [0.2, 0.25) is 5.91 Å². The van der Waals surface area contributed by atoms with Crippen LogP contribution in [-0.2, 0) is 4.79 Å². The maximum atomic E-state index is 11.9. The summed E-state index contributed by atoms with van der Waals surface area (Å²) in [6.45, 7) is 0. The quantitative estimate of drug-likeness (QED) is 0.842. The summed E-state index contributed by atoms with van der Waals surface area (Å²) in [5, 5.41) is 4.13. The molecule has 0 heterocycles. The minimum atomic E-state index is -4.78. The van der Waals surface area contributed by atoms with Crippen molar-refractivity contribution in [1.29, 1.82) is 0 Å². The number of halogens is 4. The molecule has 0 bridgehead atoms. The van der Waals surface area contributed by atoms with Crippen LogP contribution in [0.1, 0.15) is 0 Å². The Morgan fingerprint density at radius 2 is 1.79 bits per heavy atom. The number of ether oxygens (including phenoxy) is 1. The fourth-order valence-electron chi connectivity index (χ4n) is 1.06. The lowest BCUT2D eigenvalue weighted by Gasteiger charge is -2.10. The Bertz CT molecular complexity index is 462. The first kappa shape index (κ1) is 15.1. The van der Waals surface area contributed by atoms with E-state index in [1.54, 1.807) is 0 Å². The molecule has 19 heavy (non-hydrogen) atoms. The van der Waals surface area contributed by atoms with Gasteiger partial charge in [0.1, 0.15) is 11.6 Å². The molecule has 0 saturated carbocycles. The molecule has 0 unspecified atom stereocenters. The Hall–Kier alpha value is -1.96. The van der Waals surface area contributed by atoms with Gasteiger partial charge in [-0.3, -0.25) is 10.1 Å². The van der Waals surface area contributed by atoms with Gasteiger partial charge in [0.15, 0.2) is 0 Å². The number of benzene rings is 1. The molecule has 0 aliphatic rings. The van der Waals surface area contributed by atoms with Crippen molar-refractivity contribution in [2.45, 2.75) is 6.36 Å². The first-order valence-corrected chi connectivity index (χ1v) is 5.36. The highest BCUT2D eigenvalue weighted by Gasteiger charge is 2.30. The van der Waals surface area contributed by atoms with Gasteiger partial charge in [0.05, 0.1) is 0 Å². The van der Waals surface area contributed by atoms with Crippen molar-refractivity contribution < 1.29 is 27.5 Å². The van der Waals surface area contributed by atoms with Gasteiger partial charge in [-0.05, 0) is 24.3 Å². The zero-order chi connectivity index (χ0) is 14.5. The lowest BCUT2D eigenvalue weighted by atomic mass is 10.3. The predicted octanol–water partition coefficient (Wildman–Crippen LogP) is 2.47. The van der Waals surface area contributed by atoms with Crippen molar-refractivity contribution in [3.05, 3.63) is 24.3 Å². The number of nitrogens with one attached hydrogen (secondary N) is 2. The average Bonchev–Trinajstić information content (AvgIpc) is 2.29. The van der Waals surface area contributed by atoms with Gasteiger partial charge >= 0.3 is 12.4 Å². The molecular weight excluding hydrogens is 289 g/mol. The van der Waals surface area contributed by atoms with E-state index in [1.807, 2.05) is 5.32 Å². The lowest BCUT2D eigenvalue weighted by Crippen LogP contribution is -2.35. The highest BCUT2D eigenvalue weighted by molar-refractivity contribution is 6.28. The maximum Gasteiger partial charge on any atom is 0.573 e. The Morgan fingerprint density at radius 1 is 1.21 bits per heavy atom. The topological polar surface area (TPSA) is 67.4 Å². The molecule has 0 fully saturated rings. The third kappa shape index (κ3) is 5.96. The van der Waals surface area contributed by atoms with E-state index in [9.17, 15) is 22.8 Å².